The van der Waals surface area contributed by atoms with Crippen molar-refractivity contribution in [1.82, 2.24) is 14.5 Å². The summed E-state index contributed by atoms with van der Waals surface area (Å²) in [4.78, 5) is 21.1. The molecular formula is C24H27N5O2. The van der Waals surface area contributed by atoms with E-state index in [4.69, 9.17) is 10.7 Å². The molecule has 0 saturated carbocycles. The predicted octanol–water partition coefficient (Wildman–Crippen LogP) is 4.49. The van der Waals surface area contributed by atoms with Crippen LogP contribution < -0.4 is 11.1 Å². The zero-order valence-electron chi connectivity index (χ0n) is 17.9. The molecule has 0 spiro atoms. The first-order valence-electron chi connectivity index (χ1n) is 10.6. The van der Waals surface area contributed by atoms with E-state index in [0.29, 0.717) is 11.3 Å². The highest BCUT2D eigenvalue weighted by Crippen LogP contribution is 2.31. The third-order valence-electron chi connectivity index (χ3n) is 5.60. The number of aromatic nitrogens is 3. The summed E-state index contributed by atoms with van der Waals surface area (Å²) in [7, 11) is 1.81. The van der Waals surface area contributed by atoms with Crippen LogP contribution in [-0.4, -0.2) is 32.7 Å². The van der Waals surface area contributed by atoms with E-state index in [9.17, 15) is 9.90 Å². The second-order valence-electron chi connectivity index (χ2n) is 7.72. The minimum atomic E-state index is -0.963. The molecule has 160 valence electrons. The number of benzene rings is 2. The van der Waals surface area contributed by atoms with Gasteiger partial charge in [0.05, 0.1) is 16.6 Å². The van der Waals surface area contributed by atoms with Crippen molar-refractivity contribution in [3.05, 3.63) is 59.4 Å². The van der Waals surface area contributed by atoms with Crippen LogP contribution in [0.15, 0.2) is 42.5 Å². The number of hydrogen-bond donors (Lipinski definition) is 3. The Morgan fingerprint density at radius 1 is 1.13 bits per heavy atom. The molecule has 0 unspecified atom stereocenters. The van der Waals surface area contributed by atoms with Crippen LogP contribution in [0.3, 0.4) is 0 Å². The number of nitrogens with two attached hydrogens (primary N) is 1. The SMILES string of the molecule is CCCCc1nc2c(NC)nc3cc(C(=O)O)ccc3c2n1CCc1ccc(N)cc1. The Balaban J connectivity index is 1.88. The van der Waals surface area contributed by atoms with Gasteiger partial charge < -0.3 is 20.7 Å². The van der Waals surface area contributed by atoms with Gasteiger partial charge in [-0.15, -0.1) is 0 Å². The lowest BCUT2D eigenvalue weighted by Crippen LogP contribution is -2.07. The smallest absolute Gasteiger partial charge is 0.335 e. The summed E-state index contributed by atoms with van der Waals surface area (Å²) < 4.78 is 2.27. The van der Waals surface area contributed by atoms with E-state index in [2.05, 4.69) is 33.9 Å². The summed E-state index contributed by atoms with van der Waals surface area (Å²) >= 11 is 0. The molecule has 2 aromatic carbocycles. The molecule has 7 nitrogen and oxygen atoms in total. The number of imidazole rings is 1. The molecule has 0 aliphatic carbocycles. The van der Waals surface area contributed by atoms with E-state index in [0.717, 1.165) is 60.2 Å². The summed E-state index contributed by atoms with van der Waals surface area (Å²) in [5, 5.41) is 13.4. The molecule has 0 atom stereocenters. The zero-order chi connectivity index (χ0) is 22.0. The maximum absolute atomic E-state index is 11.5. The van der Waals surface area contributed by atoms with Crippen molar-refractivity contribution in [2.24, 2.45) is 0 Å². The topological polar surface area (TPSA) is 106 Å². The van der Waals surface area contributed by atoms with E-state index in [1.165, 1.54) is 5.56 Å². The van der Waals surface area contributed by atoms with Crippen molar-refractivity contribution in [1.29, 1.82) is 0 Å². The van der Waals surface area contributed by atoms with Crippen LogP contribution in [0.4, 0.5) is 11.5 Å². The number of unbranched alkanes of at least 4 members (excludes halogenated alkanes) is 1. The quantitative estimate of drug-likeness (QED) is 0.365. The van der Waals surface area contributed by atoms with Crippen molar-refractivity contribution in [2.75, 3.05) is 18.1 Å². The van der Waals surface area contributed by atoms with Gasteiger partial charge in [0.2, 0.25) is 0 Å². The number of carboxylic acids is 1. The molecular weight excluding hydrogens is 390 g/mol. The number of nitrogen functional groups attached to an aromatic ring is 1. The lowest BCUT2D eigenvalue weighted by atomic mass is 10.1. The van der Waals surface area contributed by atoms with Gasteiger partial charge in [-0.25, -0.2) is 14.8 Å². The number of aromatic carboxylic acids is 1. The van der Waals surface area contributed by atoms with Gasteiger partial charge in [-0.05, 0) is 48.7 Å². The van der Waals surface area contributed by atoms with Gasteiger partial charge >= 0.3 is 5.97 Å². The minimum Gasteiger partial charge on any atom is -0.478 e. The minimum absolute atomic E-state index is 0.223. The summed E-state index contributed by atoms with van der Waals surface area (Å²) in [5.41, 5.74) is 10.5. The zero-order valence-corrected chi connectivity index (χ0v) is 17.9. The fourth-order valence-electron chi connectivity index (χ4n) is 3.93. The Hall–Kier alpha value is -3.61. The molecule has 0 amide bonds. The van der Waals surface area contributed by atoms with Crippen LogP contribution in [0.2, 0.25) is 0 Å². The van der Waals surface area contributed by atoms with Gasteiger partial charge in [0.25, 0.3) is 0 Å². The highest BCUT2D eigenvalue weighted by atomic mass is 16.4. The summed E-state index contributed by atoms with van der Waals surface area (Å²) in [6, 6.07) is 13.1. The Morgan fingerprint density at radius 3 is 2.58 bits per heavy atom. The third-order valence-corrected chi connectivity index (χ3v) is 5.60. The number of carboxylic acid groups (broad SMARTS) is 1. The van der Waals surface area contributed by atoms with Crippen LogP contribution >= 0.6 is 0 Å². The molecule has 4 aromatic rings. The molecule has 0 radical (unpaired) electrons. The molecule has 4 rings (SSSR count). The average Bonchev–Trinajstić information content (AvgIpc) is 3.14. The molecule has 2 aromatic heterocycles. The second-order valence-corrected chi connectivity index (χ2v) is 7.72. The number of pyridine rings is 1. The molecule has 0 bridgehead atoms. The molecule has 0 aliphatic heterocycles. The van der Waals surface area contributed by atoms with E-state index < -0.39 is 5.97 Å². The fraction of sp³-hybridized carbons (Fsp3) is 0.292. The number of anilines is 2. The van der Waals surface area contributed by atoms with Crippen molar-refractivity contribution in [2.45, 2.75) is 39.2 Å². The highest BCUT2D eigenvalue weighted by molar-refractivity contribution is 6.08. The van der Waals surface area contributed by atoms with Gasteiger partial charge in [0.1, 0.15) is 11.3 Å². The Kier molecular flexibility index (Phi) is 5.75. The molecule has 0 fully saturated rings. The molecule has 2 heterocycles. The molecule has 7 heteroatoms. The largest absolute Gasteiger partial charge is 0.478 e. The van der Waals surface area contributed by atoms with Crippen LogP contribution in [0.25, 0.3) is 21.9 Å². The van der Waals surface area contributed by atoms with Gasteiger partial charge in [-0.2, -0.15) is 0 Å². The normalized spacial score (nSPS) is 11.3. The monoisotopic (exact) mass is 417 g/mol. The number of hydrogen-bond acceptors (Lipinski definition) is 5. The van der Waals surface area contributed by atoms with Crippen molar-refractivity contribution >= 4 is 39.4 Å². The summed E-state index contributed by atoms with van der Waals surface area (Å²) in [6.07, 6.45) is 3.86. The van der Waals surface area contributed by atoms with Crippen molar-refractivity contribution in [3.8, 4) is 0 Å². The lowest BCUT2D eigenvalue weighted by Gasteiger charge is -2.12. The van der Waals surface area contributed by atoms with Crippen LogP contribution in [0.1, 0.15) is 41.5 Å². The van der Waals surface area contributed by atoms with Gasteiger partial charge in [-0.3, -0.25) is 0 Å². The van der Waals surface area contributed by atoms with E-state index in [1.807, 2.05) is 25.2 Å². The third kappa shape index (κ3) is 4.03. The fourth-order valence-corrected chi connectivity index (χ4v) is 3.93. The van der Waals surface area contributed by atoms with Crippen LogP contribution in [0.5, 0.6) is 0 Å². The predicted molar refractivity (Wildman–Crippen MR) is 125 cm³/mol. The summed E-state index contributed by atoms with van der Waals surface area (Å²) in [6.45, 7) is 2.94. The standard InChI is InChI=1S/C24H27N5O2/c1-3-4-5-20-28-21-22(29(20)13-12-15-6-9-17(25)10-7-15)18-11-8-16(24(30)31)14-19(18)27-23(21)26-2/h6-11,14H,3-5,12-13,25H2,1-2H3,(H,26,27)(H,30,31). The maximum atomic E-state index is 11.5. The first kappa shape index (κ1) is 20.7. The Labute approximate surface area is 180 Å². The van der Waals surface area contributed by atoms with Crippen LogP contribution in [-0.2, 0) is 19.4 Å². The molecule has 0 aliphatic rings. The molecule has 31 heavy (non-hydrogen) atoms. The highest BCUT2D eigenvalue weighted by Gasteiger charge is 2.19. The number of nitrogens with one attached hydrogen (secondary N) is 1. The van der Waals surface area contributed by atoms with Crippen LogP contribution in [0, 0.1) is 0 Å². The lowest BCUT2D eigenvalue weighted by molar-refractivity contribution is 0.0697. The number of fused-ring (bicyclic) bond motifs is 3. The van der Waals surface area contributed by atoms with Gasteiger partial charge in [0, 0.05) is 31.1 Å². The van der Waals surface area contributed by atoms with Crippen molar-refractivity contribution < 1.29 is 9.90 Å². The van der Waals surface area contributed by atoms with E-state index in [1.54, 1.807) is 12.1 Å². The molecule has 0 saturated heterocycles. The van der Waals surface area contributed by atoms with Crippen molar-refractivity contribution in [3.63, 3.8) is 0 Å². The number of rotatable bonds is 8. The van der Waals surface area contributed by atoms with E-state index in [-0.39, 0.29) is 5.56 Å². The summed E-state index contributed by atoms with van der Waals surface area (Å²) in [5.74, 6) is 0.727. The van der Waals surface area contributed by atoms with Gasteiger partial charge in [0.15, 0.2) is 5.82 Å². The first-order valence-corrected chi connectivity index (χ1v) is 10.6. The average molecular weight is 418 g/mol. The van der Waals surface area contributed by atoms with E-state index >= 15 is 0 Å². The number of carbonyl (C=O) groups is 1. The van der Waals surface area contributed by atoms with Gasteiger partial charge in [-0.1, -0.05) is 25.5 Å². The second kappa shape index (κ2) is 8.63. The molecule has 4 N–H and O–H groups in total. The Morgan fingerprint density at radius 2 is 1.90 bits per heavy atom. The number of nitrogens with zero attached hydrogens (tertiary/aromatic N) is 3. The number of aryl methyl sites for hydroxylation is 3. The Bertz CT molecular complexity index is 1240. The first-order chi connectivity index (χ1) is 15.0. The maximum Gasteiger partial charge on any atom is 0.335 e.